The first-order valence-electron chi connectivity index (χ1n) is 8.22. The number of fused-ring (bicyclic) bond motifs is 1. The van der Waals surface area contributed by atoms with Crippen LogP contribution in [0.1, 0.15) is 31.2 Å². The second-order valence-corrected chi connectivity index (χ2v) is 7.25. The van der Waals surface area contributed by atoms with Crippen molar-refractivity contribution in [3.63, 3.8) is 0 Å². The third kappa shape index (κ3) is 2.52. The lowest BCUT2D eigenvalue weighted by Gasteiger charge is -2.12. The van der Waals surface area contributed by atoms with Crippen molar-refractivity contribution in [1.29, 1.82) is 5.26 Å². The fourth-order valence-corrected chi connectivity index (χ4v) is 4.39. The van der Waals surface area contributed by atoms with Crippen molar-refractivity contribution in [2.75, 3.05) is 12.0 Å². The predicted octanol–water partition coefficient (Wildman–Crippen LogP) is 4.40. The van der Waals surface area contributed by atoms with Crippen LogP contribution in [-0.2, 0) is 0 Å². The quantitative estimate of drug-likeness (QED) is 0.637. The summed E-state index contributed by atoms with van der Waals surface area (Å²) in [4.78, 5) is 27.6. The highest BCUT2D eigenvalue weighted by Crippen LogP contribution is 2.44. The number of anilines is 1. The van der Waals surface area contributed by atoms with E-state index >= 15 is 0 Å². The molecule has 1 aliphatic heterocycles. The van der Waals surface area contributed by atoms with Crippen LogP contribution in [0.4, 0.5) is 5.00 Å². The molecule has 6 heteroatoms. The lowest BCUT2D eigenvalue weighted by molar-refractivity contribution is 0.0927. The molecule has 1 aromatic heterocycles. The topological polar surface area (TPSA) is 70.4 Å². The van der Waals surface area contributed by atoms with Crippen LogP contribution in [-0.4, -0.2) is 18.9 Å². The molecular formula is C21H14N2O3S. The van der Waals surface area contributed by atoms with E-state index in [-0.39, 0.29) is 0 Å². The van der Waals surface area contributed by atoms with Crippen LogP contribution in [0.5, 0.6) is 5.75 Å². The molecule has 5 nitrogen and oxygen atoms in total. The number of amides is 2. The number of carbonyl (C=O) groups excluding carboxylic acids is 2. The van der Waals surface area contributed by atoms with Crippen LogP contribution in [0.15, 0.2) is 48.5 Å². The van der Waals surface area contributed by atoms with Crippen molar-refractivity contribution in [2.45, 2.75) is 6.92 Å². The van der Waals surface area contributed by atoms with Gasteiger partial charge in [-0.3, -0.25) is 9.59 Å². The summed E-state index contributed by atoms with van der Waals surface area (Å²) in [7, 11) is 1.59. The maximum atomic E-state index is 12.8. The second-order valence-electron chi connectivity index (χ2n) is 6.05. The largest absolute Gasteiger partial charge is 0.497 e. The molecule has 0 N–H and O–H groups in total. The zero-order chi connectivity index (χ0) is 19.1. The normalized spacial score (nSPS) is 12.9. The minimum atomic E-state index is -0.394. The van der Waals surface area contributed by atoms with Gasteiger partial charge in [-0.15, -0.1) is 11.3 Å². The highest BCUT2D eigenvalue weighted by Gasteiger charge is 2.39. The van der Waals surface area contributed by atoms with E-state index in [2.05, 4.69) is 6.07 Å². The summed E-state index contributed by atoms with van der Waals surface area (Å²) in [6, 6.07) is 16.3. The molecule has 0 saturated heterocycles. The minimum absolute atomic E-state index is 0.331. The van der Waals surface area contributed by atoms with Crippen molar-refractivity contribution < 1.29 is 14.3 Å². The molecular weight excluding hydrogens is 360 g/mol. The summed E-state index contributed by atoms with van der Waals surface area (Å²) in [6.07, 6.45) is 0. The predicted molar refractivity (Wildman–Crippen MR) is 103 cm³/mol. The highest BCUT2D eigenvalue weighted by molar-refractivity contribution is 7.17. The van der Waals surface area contributed by atoms with Crippen LogP contribution in [0, 0.1) is 18.3 Å². The Balaban J connectivity index is 1.85. The van der Waals surface area contributed by atoms with Crippen molar-refractivity contribution in [3.8, 4) is 22.9 Å². The molecule has 0 aliphatic carbocycles. The fraction of sp³-hybridized carbons (Fsp3) is 0.0952. The zero-order valence-corrected chi connectivity index (χ0v) is 15.5. The molecule has 3 aromatic rings. The Morgan fingerprint density at radius 2 is 1.59 bits per heavy atom. The monoisotopic (exact) mass is 374 g/mol. The Morgan fingerprint density at radius 3 is 2.11 bits per heavy atom. The van der Waals surface area contributed by atoms with Gasteiger partial charge in [0.2, 0.25) is 0 Å². The molecule has 0 saturated carbocycles. The molecule has 2 heterocycles. The number of aryl methyl sites for hydroxylation is 1. The van der Waals surface area contributed by atoms with E-state index in [0.717, 1.165) is 20.9 Å². The van der Waals surface area contributed by atoms with E-state index in [1.54, 1.807) is 31.4 Å². The summed E-state index contributed by atoms with van der Waals surface area (Å²) < 4.78 is 5.18. The Kier molecular flexibility index (Phi) is 4.02. The lowest BCUT2D eigenvalue weighted by atomic mass is 10.0. The molecule has 4 rings (SSSR count). The maximum Gasteiger partial charge on any atom is 0.266 e. The Morgan fingerprint density at radius 1 is 1.00 bits per heavy atom. The first-order chi connectivity index (χ1) is 13.1. The van der Waals surface area contributed by atoms with Gasteiger partial charge < -0.3 is 4.74 Å². The number of nitrogens with zero attached hydrogens (tertiary/aromatic N) is 2. The van der Waals surface area contributed by atoms with E-state index in [9.17, 15) is 14.9 Å². The number of benzene rings is 2. The van der Waals surface area contributed by atoms with E-state index in [1.807, 2.05) is 31.2 Å². The highest BCUT2D eigenvalue weighted by atomic mass is 32.1. The molecule has 132 valence electrons. The maximum absolute atomic E-state index is 12.8. The number of thiophene rings is 1. The number of ether oxygens (including phenoxy) is 1. The Labute approximate surface area is 160 Å². The summed E-state index contributed by atoms with van der Waals surface area (Å²) in [6.45, 7) is 1.88. The van der Waals surface area contributed by atoms with E-state index in [4.69, 9.17) is 4.74 Å². The van der Waals surface area contributed by atoms with Gasteiger partial charge in [-0.05, 0) is 36.8 Å². The molecule has 2 amide bonds. The van der Waals surface area contributed by atoms with Gasteiger partial charge in [-0.1, -0.05) is 24.3 Å². The fourth-order valence-electron chi connectivity index (χ4n) is 3.27. The molecule has 0 bridgehead atoms. The summed E-state index contributed by atoms with van der Waals surface area (Å²) in [5.41, 5.74) is 2.63. The zero-order valence-electron chi connectivity index (χ0n) is 14.6. The summed E-state index contributed by atoms with van der Waals surface area (Å²) in [5.74, 6) is -0.0741. The van der Waals surface area contributed by atoms with Crippen molar-refractivity contribution >= 4 is 28.2 Å². The third-order valence-corrected chi connectivity index (χ3v) is 5.64. The van der Waals surface area contributed by atoms with Gasteiger partial charge in [0.15, 0.2) is 0 Å². The van der Waals surface area contributed by atoms with Crippen LogP contribution in [0.25, 0.3) is 11.1 Å². The number of hydrogen-bond acceptors (Lipinski definition) is 5. The Hall–Kier alpha value is -3.43. The number of imide groups is 1. The Bertz CT molecular complexity index is 1090. The van der Waals surface area contributed by atoms with Gasteiger partial charge in [-0.25, -0.2) is 4.90 Å². The molecule has 0 radical (unpaired) electrons. The molecule has 1 aliphatic rings. The standard InChI is InChI=1S/C21H14N2O3S/c1-12-18(13-7-9-14(26-2)10-8-13)17(11-22)21(27-12)23-19(24)15-5-3-4-6-16(15)20(23)25/h3-10H,1-2H3. The van der Waals surface area contributed by atoms with Crippen molar-refractivity contribution in [1.82, 2.24) is 0 Å². The average molecular weight is 374 g/mol. The lowest BCUT2D eigenvalue weighted by Crippen LogP contribution is -2.29. The van der Waals surface area contributed by atoms with Gasteiger partial charge in [0, 0.05) is 10.4 Å². The summed E-state index contributed by atoms with van der Waals surface area (Å²) in [5, 5.41) is 10.2. The molecule has 0 fully saturated rings. The van der Waals surface area contributed by atoms with Crippen LogP contribution in [0.2, 0.25) is 0 Å². The number of hydrogen-bond donors (Lipinski definition) is 0. The van der Waals surface area contributed by atoms with Gasteiger partial charge >= 0.3 is 0 Å². The van der Waals surface area contributed by atoms with Crippen LogP contribution < -0.4 is 9.64 Å². The SMILES string of the molecule is COc1ccc(-c2c(C)sc(N3C(=O)c4ccccc4C3=O)c2C#N)cc1. The van der Waals surface area contributed by atoms with Gasteiger partial charge in [0.05, 0.1) is 23.8 Å². The molecule has 0 atom stereocenters. The van der Waals surface area contributed by atoms with Gasteiger partial charge in [0.1, 0.15) is 16.8 Å². The minimum Gasteiger partial charge on any atom is -0.497 e. The smallest absolute Gasteiger partial charge is 0.266 e. The first kappa shape index (κ1) is 17.0. The van der Waals surface area contributed by atoms with E-state index in [1.165, 1.54) is 11.3 Å². The van der Waals surface area contributed by atoms with E-state index < -0.39 is 11.8 Å². The number of rotatable bonds is 3. The number of methoxy groups -OCH3 is 1. The molecule has 27 heavy (non-hydrogen) atoms. The third-order valence-electron chi connectivity index (χ3n) is 4.55. The van der Waals surface area contributed by atoms with E-state index in [0.29, 0.717) is 27.4 Å². The summed E-state index contributed by atoms with van der Waals surface area (Å²) >= 11 is 1.28. The molecule has 0 spiro atoms. The number of nitriles is 1. The van der Waals surface area contributed by atoms with Crippen molar-refractivity contribution in [3.05, 3.63) is 70.1 Å². The van der Waals surface area contributed by atoms with Gasteiger partial charge in [-0.2, -0.15) is 5.26 Å². The molecule has 0 unspecified atom stereocenters. The average Bonchev–Trinajstić information content (AvgIpc) is 3.15. The van der Waals surface area contributed by atoms with Crippen LogP contribution >= 0.6 is 11.3 Å². The number of carbonyl (C=O) groups is 2. The molecule has 2 aromatic carbocycles. The second kappa shape index (κ2) is 6.38. The van der Waals surface area contributed by atoms with Gasteiger partial charge in [0.25, 0.3) is 11.8 Å². The van der Waals surface area contributed by atoms with Crippen molar-refractivity contribution in [2.24, 2.45) is 0 Å². The first-order valence-corrected chi connectivity index (χ1v) is 9.04. The van der Waals surface area contributed by atoms with Crippen LogP contribution in [0.3, 0.4) is 0 Å².